The van der Waals surface area contributed by atoms with Crippen LogP contribution in [0.1, 0.15) is 38.2 Å². The lowest BCUT2D eigenvalue weighted by atomic mass is 9.82. The van der Waals surface area contributed by atoms with Crippen LogP contribution in [0, 0.1) is 5.41 Å². The summed E-state index contributed by atoms with van der Waals surface area (Å²) < 4.78 is 11.0. The first-order valence-corrected chi connectivity index (χ1v) is 11.6. The van der Waals surface area contributed by atoms with Gasteiger partial charge in [-0.3, -0.25) is 14.5 Å². The Hall–Kier alpha value is -2.45. The zero-order valence-electron chi connectivity index (χ0n) is 18.6. The summed E-state index contributed by atoms with van der Waals surface area (Å²) in [4.78, 5) is 45.2. The summed E-state index contributed by atoms with van der Waals surface area (Å²) in [5.41, 5.74) is -0.376. The molecule has 32 heavy (non-hydrogen) atoms. The maximum absolute atomic E-state index is 13.7. The van der Waals surface area contributed by atoms with Gasteiger partial charge in [-0.05, 0) is 38.2 Å². The third-order valence-electron chi connectivity index (χ3n) is 7.45. The van der Waals surface area contributed by atoms with Crippen LogP contribution in [0.3, 0.4) is 0 Å². The van der Waals surface area contributed by atoms with E-state index in [-0.39, 0.29) is 23.9 Å². The smallest absolute Gasteiger partial charge is 0.328 e. The third kappa shape index (κ3) is 3.49. The highest BCUT2D eigenvalue weighted by Crippen LogP contribution is 2.40. The third-order valence-corrected chi connectivity index (χ3v) is 7.45. The molecule has 1 atom stereocenters. The van der Waals surface area contributed by atoms with Crippen molar-refractivity contribution in [3.63, 3.8) is 0 Å². The van der Waals surface area contributed by atoms with Crippen molar-refractivity contribution in [2.24, 2.45) is 5.41 Å². The fourth-order valence-electron chi connectivity index (χ4n) is 5.40. The normalized spacial score (nSPS) is 26.7. The molecule has 0 N–H and O–H groups in total. The van der Waals surface area contributed by atoms with Gasteiger partial charge in [0.05, 0.1) is 31.3 Å². The van der Waals surface area contributed by atoms with Gasteiger partial charge in [0, 0.05) is 26.2 Å². The Bertz CT molecular complexity index is 886. The second-order valence-corrected chi connectivity index (χ2v) is 9.78. The van der Waals surface area contributed by atoms with E-state index in [0.717, 1.165) is 18.4 Å². The van der Waals surface area contributed by atoms with Gasteiger partial charge in [-0.2, -0.15) is 0 Å². The Morgan fingerprint density at radius 1 is 1.12 bits per heavy atom. The number of nitrogens with zero attached hydrogens (tertiary/aromatic N) is 3. The van der Waals surface area contributed by atoms with Gasteiger partial charge in [-0.25, -0.2) is 4.79 Å². The molecule has 172 valence electrons. The van der Waals surface area contributed by atoms with Gasteiger partial charge in [0.2, 0.25) is 5.91 Å². The molecule has 1 aromatic carbocycles. The van der Waals surface area contributed by atoms with E-state index in [1.807, 2.05) is 42.2 Å². The molecular formula is C24H31N3O5. The van der Waals surface area contributed by atoms with Crippen molar-refractivity contribution in [1.82, 2.24) is 14.7 Å². The fraction of sp³-hybridized carbons (Fsp3) is 0.625. The lowest BCUT2D eigenvalue weighted by Crippen LogP contribution is -2.60. The summed E-state index contributed by atoms with van der Waals surface area (Å²) >= 11 is 0. The predicted molar refractivity (Wildman–Crippen MR) is 116 cm³/mol. The number of carbonyl (C=O) groups is 3. The molecule has 4 aliphatic rings. The van der Waals surface area contributed by atoms with Crippen LogP contribution in [-0.2, 0) is 25.6 Å². The average Bonchev–Trinajstić information content (AvgIpc) is 3.37. The van der Waals surface area contributed by atoms with E-state index in [1.54, 1.807) is 4.90 Å². The molecule has 8 nitrogen and oxygen atoms in total. The molecule has 4 heterocycles. The van der Waals surface area contributed by atoms with Crippen LogP contribution in [0.15, 0.2) is 30.3 Å². The number of piperidine rings is 1. The summed E-state index contributed by atoms with van der Waals surface area (Å²) in [6.07, 6.45) is 2.65. The minimum absolute atomic E-state index is 0.0844. The molecule has 8 heteroatoms. The van der Waals surface area contributed by atoms with E-state index in [9.17, 15) is 14.4 Å². The molecule has 4 amide bonds. The van der Waals surface area contributed by atoms with Crippen molar-refractivity contribution < 1.29 is 23.9 Å². The summed E-state index contributed by atoms with van der Waals surface area (Å²) in [6.45, 7) is 5.12. The van der Waals surface area contributed by atoms with Gasteiger partial charge in [-0.1, -0.05) is 30.3 Å². The number of carbonyl (C=O) groups excluding carboxylic acids is 3. The second kappa shape index (κ2) is 8.15. The van der Waals surface area contributed by atoms with E-state index in [4.69, 9.17) is 9.47 Å². The Labute approximate surface area is 188 Å². The van der Waals surface area contributed by atoms with Crippen LogP contribution in [0.5, 0.6) is 0 Å². The van der Waals surface area contributed by atoms with Crippen molar-refractivity contribution in [2.75, 3.05) is 39.5 Å². The van der Waals surface area contributed by atoms with Crippen molar-refractivity contribution in [3.8, 4) is 0 Å². The van der Waals surface area contributed by atoms with Gasteiger partial charge in [0.15, 0.2) is 0 Å². The molecule has 0 radical (unpaired) electrons. The number of ether oxygens (including phenoxy) is 2. The summed E-state index contributed by atoms with van der Waals surface area (Å²) in [6, 6.07) is 9.53. The monoisotopic (exact) mass is 441 g/mol. The van der Waals surface area contributed by atoms with E-state index in [2.05, 4.69) is 0 Å². The first-order chi connectivity index (χ1) is 15.4. The number of hydrogen-bond acceptors (Lipinski definition) is 5. The first kappa shape index (κ1) is 21.4. The van der Waals surface area contributed by atoms with E-state index in [1.165, 1.54) is 4.90 Å². The number of rotatable bonds is 5. The molecule has 0 saturated carbocycles. The van der Waals surface area contributed by atoms with E-state index in [0.29, 0.717) is 58.8 Å². The van der Waals surface area contributed by atoms with Crippen molar-refractivity contribution >= 4 is 17.8 Å². The van der Waals surface area contributed by atoms with Gasteiger partial charge in [-0.15, -0.1) is 0 Å². The molecule has 0 aromatic heterocycles. The minimum Gasteiger partial charge on any atom is -0.379 e. The zero-order chi connectivity index (χ0) is 22.3. The number of amides is 4. The SMILES string of the molecule is CC1(C(=O)N2CCC3(CC2)C(=O)N(CC2CCCO2)C(=O)N3Cc2ccccc2)COC1. The molecule has 1 aromatic rings. The van der Waals surface area contributed by atoms with Crippen LogP contribution < -0.4 is 0 Å². The summed E-state index contributed by atoms with van der Waals surface area (Å²) in [7, 11) is 0. The molecule has 1 spiro atoms. The zero-order valence-corrected chi connectivity index (χ0v) is 18.6. The van der Waals surface area contributed by atoms with Crippen LogP contribution in [0.25, 0.3) is 0 Å². The van der Waals surface area contributed by atoms with Gasteiger partial charge < -0.3 is 19.3 Å². The van der Waals surface area contributed by atoms with E-state index < -0.39 is 11.0 Å². The summed E-state index contributed by atoms with van der Waals surface area (Å²) in [5, 5.41) is 0. The van der Waals surface area contributed by atoms with Crippen LogP contribution >= 0.6 is 0 Å². The molecule has 5 rings (SSSR count). The quantitative estimate of drug-likeness (QED) is 0.654. The molecular weight excluding hydrogens is 410 g/mol. The minimum atomic E-state index is -0.903. The lowest BCUT2D eigenvalue weighted by molar-refractivity contribution is -0.171. The maximum Gasteiger partial charge on any atom is 0.328 e. The average molecular weight is 442 g/mol. The largest absolute Gasteiger partial charge is 0.379 e. The Morgan fingerprint density at radius 3 is 2.44 bits per heavy atom. The summed E-state index contributed by atoms with van der Waals surface area (Å²) in [5.74, 6) is -0.0552. The highest BCUT2D eigenvalue weighted by molar-refractivity contribution is 6.07. The Morgan fingerprint density at radius 2 is 1.84 bits per heavy atom. The highest BCUT2D eigenvalue weighted by atomic mass is 16.5. The number of hydrogen-bond donors (Lipinski definition) is 0. The topological polar surface area (TPSA) is 79.4 Å². The van der Waals surface area contributed by atoms with Crippen molar-refractivity contribution in [2.45, 2.75) is 50.8 Å². The number of benzene rings is 1. The number of urea groups is 1. The standard InChI is InChI=1S/C24H31N3O5/c1-23(16-31-17-23)20(28)25-11-9-24(10-12-25)21(29)26(15-19-8-5-13-32-19)22(30)27(24)14-18-6-3-2-4-7-18/h2-4,6-7,19H,5,8-17H2,1H3. The molecule has 0 aliphatic carbocycles. The van der Waals surface area contributed by atoms with Crippen molar-refractivity contribution in [1.29, 1.82) is 0 Å². The maximum atomic E-state index is 13.7. The van der Waals surface area contributed by atoms with Crippen LogP contribution in [0.2, 0.25) is 0 Å². The van der Waals surface area contributed by atoms with Crippen LogP contribution in [-0.4, -0.2) is 83.6 Å². The van der Waals surface area contributed by atoms with Gasteiger partial charge in [0.25, 0.3) is 5.91 Å². The van der Waals surface area contributed by atoms with Gasteiger partial charge in [0.1, 0.15) is 5.54 Å². The van der Waals surface area contributed by atoms with Crippen LogP contribution in [0.4, 0.5) is 4.79 Å². The Kier molecular flexibility index (Phi) is 5.45. The lowest BCUT2D eigenvalue weighted by Gasteiger charge is -2.46. The molecule has 1 unspecified atom stereocenters. The first-order valence-electron chi connectivity index (χ1n) is 11.6. The molecule has 4 fully saturated rings. The fourth-order valence-corrected chi connectivity index (χ4v) is 5.40. The molecule has 0 bridgehead atoms. The van der Waals surface area contributed by atoms with Crippen molar-refractivity contribution in [3.05, 3.63) is 35.9 Å². The predicted octanol–water partition coefficient (Wildman–Crippen LogP) is 2.03. The highest BCUT2D eigenvalue weighted by Gasteiger charge is 2.59. The second-order valence-electron chi connectivity index (χ2n) is 9.78. The van der Waals surface area contributed by atoms with Gasteiger partial charge >= 0.3 is 6.03 Å². The number of imide groups is 1. The molecule has 4 saturated heterocycles. The van der Waals surface area contributed by atoms with E-state index >= 15 is 0 Å². The number of likely N-dealkylation sites (tertiary alicyclic amines) is 1. The molecule has 4 aliphatic heterocycles. The Balaban J connectivity index is 1.38.